The third-order valence-electron chi connectivity index (χ3n) is 2.42. The van der Waals surface area contributed by atoms with Crippen LogP contribution < -0.4 is 0 Å². The van der Waals surface area contributed by atoms with Crippen molar-refractivity contribution in [1.82, 2.24) is 0 Å². The van der Waals surface area contributed by atoms with E-state index in [1.807, 2.05) is 6.92 Å². The Kier molecular flexibility index (Phi) is 3.56. The van der Waals surface area contributed by atoms with Crippen LogP contribution in [0.15, 0.2) is 29.2 Å². The van der Waals surface area contributed by atoms with Gasteiger partial charge in [-0.2, -0.15) is 0 Å². The standard InChI is InChI=1S/C11H18O4SSi/c1-10-4-6-11(7-5-10)16(12,13)8-3-9-17(2,14)15/h4-7,14-15H,3,8-9H2,1-2H3/i14T,15T. The molecule has 1 rings (SSSR count). The van der Waals surface area contributed by atoms with Crippen LogP contribution in [0, 0.1) is 6.92 Å². The Balaban J connectivity index is 2.64. The molecular weight excluding hydrogens is 256 g/mol. The maximum absolute atomic E-state index is 12.0. The molecule has 0 saturated carbocycles. The molecule has 0 bridgehead atoms. The second-order valence-corrected chi connectivity index (χ2v) is 9.25. The highest BCUT2D eigenvalue weighted by Gasteiger charge is 2.22. The van der Waals surface area contributed by atoms with E-state index in [1.165, 1.54) is 0 Å². The van der Waals surface area contributed by atoms with E-state index in [1.54, 1.807) is 30.8 Å². The third kappa shape index (κ3) is 4.99. The molecule has 2 N–H and O–H groups in total. The first-order chi connectivity index (χ1) is 8.83. The van der Waals surface area contributed by atoms with Gasteiger partial charge in [-0.3, -0.25) is 0 Å². The van der Waals surface area contributed by atoms with Crippen LogP contribution in [0.5, 0.6) is 0 Å². The summed E-state index contributed by atoms with van der Waals surface area (Å²) in [4.78, 5) is 9.11. The predicted molar refractivity (Wildman–Crippen MR) is 68.7 cm³/mol. The van der Waals surface area contributed by atoms with Gasteiger partial charge in [-0.15, -0.1) is 0 Å². The Morgan fingerprint density at radius 3 is 2.41 bits per heavy atom. The van der Waals surface area contributed by atoms with E-state index in [0.29, 0.717) is 17.4 Å². The van der Waals surface area contributed by atoms with E-state index in [9.17, 15) is 8.42 Å². The maximum Gasteiger partial charge on any atom is 0.329 e. The summed E-state index contributed by atoms with van der Waals surface area (Å²) in [5, 5.41) is 0. The summed E-state index contributed by atoms with van der Waals surface area (Å²) in [6.45, 7) is 3.45. The summed E-state index contributed by atoms with van der Waals surface area (Å²) in [6, 6.07) is 6.98. The molecule has 4 nitrogen and oxygen atoms in total. The van der Waals surface area contributed by atoms with Gasteiger partial charge in [0.15, 0.2) is 12.7 Å². The number of aryl methyl sites for hydroxylation is 1. The number of hydrogen-bond acceptors (Lipinski definition) is 4. The van der Waals surface area contributed by atoms with E-state index in [2.05, 4.69) is 9.60 Å². The molecule has 96 valence electrons. The molecule has 0 spiro atoms. The molecule has 0 aromatic heterocycles. The minimum atomic E-state index is -3.33. The number of rotatable bonds is 7. The van der Waals surface area contributed by atoms with Gasteiger partial charge in [-0.25, -0.2) is 8.42 Å². The summed E-state index contributed by atoms with van der Waals surface area (Å²) in [6.07, 6.45) is 0.316. The van der Waals surface area contributed by atoms with Crippen molar-refractivity contribution < 1.29 is 18.0 Å². The second-order valence-electron chi connectivity index (χ2n) is 4.37. The molecule has 0 radical (unpaired) electrons. The van der Waals surface area contributed by atoms with Crippen molar-refractivity contribution in [3.05, 3.63) is 29.8 Å². The molecule has 17 heavy (non-hydrogen) atoms. The highest BCUT2D eigenvalue weighted by atomic mass is 32.2. The van der Waals surface area contributed by atoms with E-state index >= 15 is 0 Å². The maximum atomic E-state index is 12.0. The fraction of sp³-hybridized carbons (Fsp3) is 0.455. The van der Waals surface area contributed by atoms with Gasteiger partial charge in [0.1, 0.15) is 0 Å². The summed E-state index contributed by atoms with van der Waals surface area (Å²) in [7, 11) is -6.17. The lowest BCUT2D eigenvalue weighted by Crippen LogP contribution is -2.30. The molecule has 0 atom stereocenters. The molecule has 0 aliphatic heterocycles. The van der Waals surface area contributed by atoms with Crippen LogP contribution in [-0.4, -0.2) is 35.2 Å². The zero-order valence-corrected chi connectivity index (χ0v) is 11.8. The smallest absolute Gasteiger partial charge is 0.329 e. The highest BCUT2D eigenvalue weighted by molar-refractivity contribution is 7.91. The Bertz CT molecular complexity index is 500. The zero-order chi connectivity index (χ0) is 14.5. The van der Waals surface area contributed by atoms with Gasteiger partial charge < -0.3 is 9.60 Å². The van der Waals surface area contributed by atoms with Gasteiger partial charge in [0.25, 0.3) is 0 Å². The molecule has 1 aromatic rings. The van der Waals surface area contributed by atoms with Crippen molar-refractivity contribution in [1.29, 1.82) is 2.86 Å². The fourth-order valence-electron chi connectivity index (χ4n) is 1.45. The summed E-state index contributed by atoms with van der Waals surface area (Å²) < 4.78 is 37.8. The molecule has 0 unspecified atom stereocenters. The Labute approximate surface area is 106 Å². The third-order valence-corrected chi connectivity index (χ3v) is 5.50. The molecular formula is C11H18O4SSi. The minimum Gasteiger partial charge on any atom is -0.411 e. The van der Waals surface area contributed by atoms with Gasteiger partial charge in [0.2, 0.25) is 0 Å². The molecule has 0 saturated heterocycles. The molecule has 0 fully saturated rings. The summed E-state index contributed by atoms with van der Waals surface area (Å²) in [5.41, 5.74) is 1.00. The molecule has 0 aliphatic carbocycles. The largest absolute Gasteiger partial charge is 0.411 e. The monoisotopic (exact) mass is 278 g/mol. The first-order valence-corrected chi connectivity index (χ1v) is 9.59. The van der Waals surface area contributed by atoms with Crippen molar-refractivity contribution in [3.8, 4) is 0 Å². The SMILES string of the molecule is [3H]O[Si](C)(CCCS(=O)(=O)c1ccc(C)cc1)O[3H]. The average molecular weight is 278 g/mol. The van der Waals surface area contributed by atoms with E-state index in [4.69, 9.17) is 2.86 Å². The van der Waals surface area contributed by atoms with Gasteiger partial charge in [0, 0.05) is 0 Å². The Hall–Kier alpha value is -0.693. The number of hydrogen-bond donors (Lipinski definition) is 2. The van der Waals surface area contributed by atoms with Gasteiger partial charge >= 0.3 is 8.56 Å². The van der Waals surface area contributed by atoms with E-state index in [-0.39, 0.29) is 5.75 Å². The lowest BCUT2D eigenvalue weighted by molar-refractivity contribution is 0.369. The Morgan fingerprint density at radius 1 is 1.29 bits per heavy atom. The molecule has 0 aliphatic rings. The van der Waals surface area contributed by atoms with Crippen molar-refractivity contribution in [3.63, 3.8) is 0 Å². The lowest BCUT2D eigenvalue weighted by atomic mass is 10.2. The Morgan fingerprint density at radius 2 is 1.88 bits per heavy atom. The van der Waals surface area contributed by atoms with Crippen LogP contribution in [0.4, 0.5) is 0 Å². The first-order valence-electron chi connectivity index (χ1n) is 6.23. The van der Waals surface area contributed by atoms with Gasteiger partial charge in [0.05, 0.1) is 10.6 Å². The van der Waals surface area contributed by atoms with Crippen LogP contribution in [0.2, 0.25) is 12.6 Å². The van der Waals surface area contributed by atoms with Crippen molar-refractivity contribution in [2.75, 3.05) is 5.75 Å². The van der Waals surface area contributed by atoms with Crippen LogP contribution in [-0.2, 0) is 9.84 Å². The highest BCUT2D eigenvalue weighted by Crippen LogP contribution is 2.15. The van der Waals surface area contributed by atoms with Crippen LogP contribution in [0.25, 0.3) is 0 Å². The fourth-order valence-corrected chi connectivity index (χ4v) is 3.83. The summed E-state index contributed by atoms with van der Waals surface area (Å²) >= 11 is 0. The molecule has 1 aromatic carbocycles. The molecule has 0 heterocycles. The number of sulfone groups is 1. The zero-order valence-electron chi connectivity index (χ0n) is 12.0. The van der Waals surface area contributed by atoms with E-state index < -0.39 is 18.4 Å². The number of benzene rings is 1. The van der Waals surface area contributed by atoms with Crippen LogP contribution in [0.3, 0.4) is 0 Å². The van der Waals surface area contributed by atoms with E-state index in [0.717, 1.165) is 5.56 Å². The van der Waals surface area contributed by atoms with Crippen LogP contribution in [0.1, 0.15) is 12.0 Å². The van der Waals surface area contributed by atoms with Gasteiger partial charge in [-0.1, -0.05) is 17.7 Å². The second kappa shape index (κ2) is 5.30. The first kappa shape index (κ1) is 11.4. The topological polar surface area (TPSA) is 74.6 Å². The lowest BCUT2D eigenvalue weighted by Gasteiger charge is -2.11. The average Bonchev–Trinajstić information content (AvgIpc) is 2.39. The van der Waals surface area contributed by atoms with Crippen molar-refractivity contribution in [2.24, 2.45) is 0 Å². The summed E-state index contributed by atoms with van der Waals surface area (Å²) in [5.74, 6) is -0.0363. The quantitative estimate of drug-likeness (QED) is 0.735. The molecule has 6 heteroatoms. The van der Waals surface area contributed by atoms with Crippen LogP contribution >= 0.6 is 0 Å². The van der Waals surface area contributed by atoms with Crippen molar-refractivity contribution >= 4 is 18.4 Å². The van der Waals surface area contributed by atoms with Gasteiger partial charge in [-0.05, 0) is 38.1 Å². The normalized spacial score (nSPS) is 14.2. The minimum absolute atomic E-state index is 0.0363. The molecule has 0 amide bonds. The predicted octanol–water partition coefficient (Wildman–Crippen LogP) is 1.22. The van der Waals surface area contributed by atoms with Crippen molar-refractivity contribution in [2.45, 2.75) is 30.8 Å².